The van der Waals surface area contributed by atoms with Gasteiger partial charge in [-0.3, -0.25) is 10.0 Å². The molecule has 5 heteroatoms. The van der Waals surface area contributed by atoms with Crippen LogP contribution in [0.4, 0.5) is 0 Å². The number of benzene rings is 1. The van der Waals surface area contributed by atoms with Gasteiger partial charge in [-0.05, 0) is 12.1 Å². The fraction of sp³-hybridized carbons (Fsp3) is 0. The zero-order valence-corrected chi connectivity index (χ0v) is 6.52. The molecule has 1 amide bonds. The van der Waals surface area contributed by atoms with Crippen molar-refractivity contribution < 1.29 is 19.9 Å². The van der Waals surface area contributed by atoms with E-state index in [9.17, 15) is 9.59 Å². The molecular weight excluding hydrogens is 174 g/mol. The molecule has 0 bridgehead atoms. The van der Waals surface area contributed by atoms with Crippen LogP contribution in [0, 0.1) is 0 Å². The second-order valence-electron chi connectivity index (χ2n) is 2.29. The van der Waals surface area contributed by atoms with E-state index < -0.39 is 11.9 Å². The third-order valence-electron chi connectivity index (χ3n) is 1.50. The summed E-state index contributed by atoms with van der Waals surface area (Å²) >= 11 is 0. The quantitative estimate of drug-likeness (QED) is 0.458. The number of hydroxylamine groups is 1. The molecule has 0 saturated carbocycles. The first-order valence-electron chi connectivity index (χ1n) is 3.43. The molecule has 0 aliphatic rings. The highest BCUT2D eigenvalue weighted by molar-refractivity contribution is 6.04. The van der Waals surface area contributed by atoms with E-state index in [4.69, 9.17) is 10.3 Å². The van der Waals surface area contributed by atoms with Gasteiger partial charge in [0.1, 0.15) is 0 Å². The Labute approximate surface area is 73.6 Å². The lowest BCUT2D eigenvalue weighted by Gasteiger charge is -2.01. The number of nitrogens with one attached hydrogen (secondary N) is 1. The molecule has 1 rings (SSSR count). The standard InChI is InChI=1S/C8H7NO4/c10-7(9-13)5-3-1-2-4-6(5)8(11)12/h1-4,13H,(H,9,10)(H,11,12). The highest BCUT2D eigenvalue weighted by atomic mass is 16.5. The van der Waals surface area contributed by atoms with Gasteiger partial charge in [0.25, 0.3) is 5.91 Å². The minimum atomic E-state index is -1.21. The summed E-state index contributed by atoms with van der Waals surface area (Å²) in [6.45, 7) is 0. The van der Waals surface area contributed by atoms with Gasteiger partial charge < -0.3 is 5.11 Å². The third kappa shape index (κ3) is 1.83. The van der Waals surface area contributed by atoms with E-state index >= 15 is 0 Å². The van der Waals surface area contributed by atoms with E-state index in [1.165, 1.54) is 29.7 Å². The lowest BCUT2D eigenvalue weighted by atomic mass is 10.1. The smallest absolute Gasteiger partial charge is 0.336 e. The Morgan fingerprint density at radius 2 is 1.69 bits per heavy atom. The van der Waals surface area contributed by atoms with Gasteiger partial charge in [-0.2, -0.15) is 0 Å². The van der Waals surface area contributed by atoms with Crippen molar-refractivity contribution >= 4 is 11.9 Å². The Hall–Kier alpha value is -1.88. The Morgan fingerprint density at radius 3 is 2.15 bits per heavy atom. The Bertz CT molecular complexity index is 348. The van der Waals surface area contributed by atoms with Crippen LogP contribution in [0.5, 0.6) is 0 Å². The molecule has 0 heterocycles. The lowest BCUT2D eigenvalue weighted by molar-refractivity contribution is 0.0662. The zero-order valence-electron chi connectivity index (χ0n) is 6.52. The molecular formula is C8H7NO4. The molecule has 0 unspecified atom stereocenters. The SMILES string of the molecule is O=C(O)c1ccccc1C(=O)NO. The number of carbonyl (C=O) groups is 2. The van der Waals surface area contributed by atoms with Gasteiger partial charge in [-0.1, -0.05) is 12.1 Å². The molecule has 0 atom stereocenters. The van der Waals surface area contributed by atoms with E-state index in [-0.39, 0.29) is 11.1 Å². The normalized spacial score (nSPS) is 9.31. The Morgan fingerprint density at radius 1 is 1.15 bits per heavy atom. The van der Waals surface area contributed by atoms with Gasteiger partial charge in [-0.25, -0.2) is 10.3 Å². The van der Waals surface area contributed by atoms with Crippen molar-refractivity contribution in [3.8, 4) is 0 Å². The topological polar surface area (TPSA) is 86.6 Å². The van der Waals surface area contributed by atoms with Crippen LogP contribution in [-0.2, 0) is 0 Å². The molecule has 0 radical (unpaired) electrons. The molecule has 5 nitrogen and oxygen atoms in total. The van der Waals surface area contributed by atoms with E-state index in [2.05, 4.69) is 0 Å². The lowest BCUT2D eigenvalue weighted by Crippen LogP contribution is -2.21. The number of rotatable bonds is 2. The van der Waals surface area contributed by atoms with Crippen molar-refractivity contribution in [2.45, 2.75) is 0 Å². The summed E-state index contributed by atoms with van der Waals surface area (Å²) in [4.78, 5) is 21.5. The zero-order chi connectivity index (χ0) is 9.84. The fourth-order valence-electron chi connectivity index (χ4n) is 0.928. The van der Waals surface area contributed by atoms with Crippen molar-refractivity contribution in [1.29, 1.82) is 0 Å². The number of amides is 1. The first-order valence-corrected chi connectivity index (χ1v) is 3.43. The number of hydrogen-bond acceptors (Lipinski definition) is 3. The van der Waals surface area contributed by atoms with Crippen molar-refractivity contribution in [3.63, 3.8) is 0 Å². The van der Waals surface area contributed by atoms with Crippen molar-refractivity contribution in [3.05, 3.63) is 35.4 Å². The van der Waals surface area contributed by atoms with E-state index in [0.29, 0.717) is 0 Å². The highest BCUT2D eigenvalue weighted by Crippen LogP contribution is 2.07. The first-order chi connectivity index (χ1) is 6.16. The molecule has 1 aromatic carbocycles. The minimum Gasteiger partial charge on any atom is -0.478 e. The highest BCUT2D eigenvalue weighted by Gasteiger charge is 2.14. The monoisotopic (exact) mass is 181 g/mol. The molecule has 1 aromatic rings. The summed E-state index contributed by atoms with van der Waals surface area (Å²) in [6.07, 6.45) is 0. The second-order valence-corrected chi connectivity index (χ2v) is 2.29. The molecule has 0 aromatic heterocycles. The molecule has 13 heavy (non-hydrogen) atoms. The van der Waals surface area contributed by atoms with Crippen LogP contribution in [0.1, 0.15) is 20.7 Å². The minimum absolute atomic E-state index is 0.0718. The van der Waals surface area contributed by atoms with Crippen molar-refractivity contribution in [1.82, 2.24) is 5.48 Å². The molecule has 68 valence electrons. The van der Waals surface area contributed by atoms with Crippen LogP contribution in [0.2, 0.25) is 0 Å². The maximum absolute atomic E-state index is 10.9. The van der Waals surface area contributed by atoms with Gasteiger partial charge in [0.05, 0.1) is 11.1 Å². The van der Waals surface area contributed by atoms with Gasteiger partial charge in [-0.15, -0.1) is 0 Å². The van der Waals surface area contributed by atoms with Crippen LogP contribution in [0.15, 0.2) is 24.3 Å². The predicted molar refractivity (Wildman–Crippen MR) is 42.7 cm³/mol. The third-order valence-corrected chi connectivity index (χ3v) is 1.50. The Balaban J connectivity index is 3.19. The van der Waals surface area contributed by atoms with Crippen LogP contribution >= 0.6 is 0 Å². The molecule has 0 saturated heterocycles. The van der Waals surface area contributed by atoms with Crippen molar-refractivity contribution in [2.24, 2.45) is 0 Å². The van der Waals surface area contributed by atoms with Gasteiger partial charge in [0, 0.05) is 0 Å². The van der Waals surface area contributed by atoms with Gasteiger partial charge >= 0.3 is 5.97 Å². The summed E-state index contributed by atoms with van der Waals surface area (Å²) in [6, 6.07) is 5.61. The summed E-state index contributed by atoms with van der Waals surface area (Å²) in [5.74, 6) is -2.04. The summed E-state index contributed by atoms with van der Waals surface area (Å²) in [7, 11) is 0. The molecule has 0 aliphatic carbocycles. The van der Waals surface area contributed by atoms with Crippen LogP contribution in [0.3, 0.4) is 0 Å². The average molecular weight is 181 g/mol. The molecule has 0 spiro atoms. The number of carboxylic acids is 1. The first kappa shape index (κ1) is 9.21. The fourth-order valence-corrected chi connectivity index (χ4v) is 0.928. The molecule has 0 fully saturated rings. The average Bonchev–Trinajstić information content (AvgIpc) is 2.16. The summed E-state index contributed by atoms with van der Waals surface area (Å²) < 4.78 is 0. The van der Waals surface area contributed by atoms with Crippen LogP contribution in [0.25, 0.3) is 0 Å². The van der Waals surface area contributed by atoms with E-state index in [1.807, 2.05) is 0 Å². The summed E-state index contributed by atoms with van der Waals surface area (Å²) in [5, 5.41) is 17.0. The number of hydrogen-bond donors (Lipinski definition) is 3. The molecule has 3 N–H and O–H groups in total. The van der Waals surface area contributed by atoms with Gasteiger partial charge in [0.15, 0.2) is 0 Å². The van der Waals surface area contributed by atoms with Crippen molar-refractivity contribution in [2.75, 3.05) is 0 Å². The van der Waals surface area contributed by atoms with Gasteiger partial charge in [0.2, 0.25) is 0 Å². The van der Waals surface area contributed by atoms with E-state index in [1.54, 1.807) is 0 Å². The van der Waals surface area contributed by atoms with E-state index in [0.717, 1.165) is 0 Å². The number of carboxylic acid groups (broad SMARTS) is 1. The number of carbonyl (C=O) groups excluding carboxylic acids is 1. The summed E-state index contributed by atoms with van der Waals surface area (Å²) in [5.41, 5.74) is 1.16. The van der Waals surface area contributed by atoms with Crippen LogP contribution in [-0.4, -0.2) is 22.2 Å². The van der Waals surface area contributed by atoms with Crippen LogP contribution < -0.4 is 5.48 Å². The molecule has 0 aliphatic heterocycles. The maximum Gasteiger partial charge on any atom is 0.336 e. The number of aromatic carboxylic acids is 1. The second kappa shape index (κ2) is 3.68. The maximum atomic E-state index is 10.9. The predicted octanol–water partition coefficient (Wildman–Crippen LogP) is 0.504. The largest absolute Gasteiger partial charge is 0.478 e. The Kier molecular flexibility index (Phi) is 2.61.